The molecule has 1 aliphatic rings. The number of benzene rings is 1. The van der Waals surface area contributed by atoms with Gasteiger partial charge in [-0.2, -0.15) is 0 Å². The molecule has 0 radical (unpaired) electrons. The minimum atomic E-state index is -0.287. The van der Waals surface area contributed by atoms with Gasteiger partial charge in [0.05, 0.1) is 5.52 Å². The number of rotatable bonds is 2. The lowest BCUT2D eigenvalue weighted by Gasteiger charge is -2.29. The summed E-state index contributed by atoms with van der Waals surface area (Å²) in [5.41, 5.74) is 7.24. The fraction of sp³-hybridized carbons (Fsp3) is 0.533. The molecule has 4 heteroatoms. The quantitative estimate of drug-likeness (QED) is 0.891. The highest BCUT2D eigenvalue weighted by atomic mass is 19.1. The molecule has 1 heterocycles. The topological polar surface area (TPSA) is 43.8 Å². The van der Waals surface area contributed by atoms with Crippen LogP contribution in [0, 0.1) is 11.7 Å². The molecule has 0 unspecified atom stereocenters. The van der Waals surface area contributed by atoms with Gasteiger partial charge in [0.2, 0.25) is 5.95 Å². The zero-order chi connectivity index (χ0) is 13.4. The summed E-state index contributed by atoms with van der Waals surface area (Å²) in [6.45, 7) is 2.25. The minimum Gasteiger partial charge on any atom is -0.369 e. The SMILES string of the molecule is CCC1CCC(n2c(N)nc3c(F)cccc32)CC1. The van der Waals surface area contributed by atoms with Gasteiger partial charge in [-0.25, -0.2) is 9.37 Å². The summed E-state index contributed by atoms with van der Waals surface area (Å²) in [6.07, 6.45) is 5.95. The number of nitrogens with zero attached hydrogens (tertiary/aromatic N) is 2. The van der Waals surface area contributed by atoms with E-state index in [4.69, 9.17) is 5.73 Å². The molecule has 19 heavy (non-hydrogen) atoms. The van der Waals surface area contributed by atoms with Crippen LogP contribution in [0.1, 0.15) is 45.1 Å². The number of hydrogen-bond acceptors (Lipinski definition) is 2. The van der Waals surface area contributed by atoms with E-state index in [9.17, 15) is 4.39 Å². The number of fused-ring (bicyclic) bond motifs is 1. The first-order valence-corrected chi connectivity index (χ1v) is 7.12. The molecule has 0 amide bonds. The molecule has 2 N–H and O–H groups in total. The van der Waals surface area contributed by atoms with E-state index >= 15 is 0 Å². The van der Waals surface area contributed by atoms with Crippen molar-refractivity contribution < 1.29 is 4.39 Å². The van der Waals surface area contributed by atoms with Gasteiger partial charge in [0, 0.05) is 6.04 Å². The standard InChI is InChI=1S/C15H20FN3/c1-2-10-6-8-11(9-7-10)19-13-5-3-4-12(16)14(13)18-15(19)17/h3-5,10-11H,2,6-9H2,1H3,(H2,17,18). The first kappa shape index (κ1) is 12.5. The molecule has 0 bridgehead atoms. The molecule has 2 aromatic rings. The van der Waals surface area contributed by atoms with Crippen molar-refractivity contribution in [2.24, 2.45) is 5.92 Å². The Balaban J connectivity index is 1.97. The molecule has 3 nitrogen and oxygen atoms in total. The van der Waals surface area contributed by atoms with Crippen molar-refractivity contribution in [1.82, 2.24) is 9.55 Å². The number of aromatic nitrogens is 2. The number of nitrogen functional groups attached to an aromatic ring is 1. The van der Waals surface area contributed by atoms with Crippen LogP contribution in [0.2, 0.25) is 0 Å². The molecular formula is C15H20FN3. The van der Waals surface area contributed by atoms with Crippen molar-refractivity contribution in [2.75, 3.05) is 5.73 Å². The van der Waals surface area contributed by atoms with E-state index in [2.05, 4.69) is 11.9 Å². The van der Waals surface area contributed by atoms with E-state index in [-0.39, 0.29) is 5.82 Å². The van der Waals surface area contributed by atoms with E-state index in [0.29, 0.717) is 17.5 Å². The Morgan fingerprint density at radius 1 is 1.32 bits per heavy atom. The van der Waals surface area contributed by atoms with Crippen LogP contribution in [0.4, 0.5) is 10.3 Å². The molecule has 1 aromatic heterocycles. The van der Waals surface area contributed by atoms with Gasteiger partial charge >= 0.3 is 0 Å². The summed E-state index contributed by atoms with van der Waals surface area (Å²) in [5.74, 6) is 0.995. The van der Waals surface area contributed by atoms with Crippen molar-refractivity contribution in [2.45, 2.75) is 45.1 Å². The monoisotopic (exact) mass is 261 g/mol. The lowest BCUT2D eigenvalue weighted by molar-refractivity contribution is 0.275. The maximum atomic E-state index is 13.7. The van der Waals surface area contributed by atoms with Crippen LogP contribution in [-0.2, 0) is 0 Å². The fourth-order valence-corrected chi connectivity index (χ4v) is 3.30. The number of nitrogens with two attached hydrogens (primary N) is 1. The Kier molecular flexibility index (Phi) is 3.17. The summed E-state index contributed by atoms with van der Waals surface area (Å²) in [6, 6.07) is 5.45. The van der Waals surface area contributed by atoms with Crippen LogP contribution in [0.15, 0.2) is 18.2 Å². The molecule has 1 aromatic carbocycles. The lowest BCUT2D eigenvalue weighted by Crippen LogP contribution is -2.19. The average Bonchev–Trinajstić information content (AvgIpc) is 2.77. The summed E-state index contributed by atoms with van der Waals surface area (Å²) in [7, 11) is 0. The van der Waals surface area contributed by atoms with E-state index in [1.54, 1.807) is 6.07 Å². The summed E-state index contributed by atoms with van der Waals surface area (Å²) >= 11 is 0. The second kappa shape index (κ2) is 4.83. The summed E-state index contributed by atoms with van der Waals surface area (Å²) < 4.78 is 15.8. The van der Waals surface area contributed by atoms with Crippen LogP contribution in [0.25, 0.3) is 11.0 Å². The molecule has 1 fully saturated rings. The van der Waals surface area contributed by atoms with Gasteiger partial charge in [0.15, 0.2) is 5.82 Å². The van der Waals surface area contributed by atoms with Gasteiger partial charge in [-0.05, 0) is 43.7 Å². The van der Waals surface area contributed by atoms with E-state index < -0.39 is 0 Å². The molecule has 0 atom stereocenters. The predicted molar refractivity (Wildman–Crippen MR) is 75.4 cm³/mol. The van der Waals surface area contributed by atoms with Gasteiger partial charge < -0.3 is 10.3 Å². The Morgan fingerprint density at radius 3 is 2.74 bits per heavy atom. The predicted octanol–water partition coefficient (Wildman–Crippen LogP) is 3.90. The van der Waals surface area contributed by atoms with Crippen LogP contribution in [-0.4, -0.2) is 9.55 Å². The maximum absolute atomic E-state index is 13.7. The van der Waals surface area contributed by atoms with E-state index in [1.807, 2.05) is 10.6 Å². The first-order chi connectivity index (χ1) is 9.20. The zero-order valence-corrected chi connectivity index (χ0v) is 11.3. The number of imidazole rings is 1. The Hall–Kier alpha value is -1.58. The second-order valence-electron chi connectivity index (χ2n) is 5.53. The van der Waals surface area contributed by atoms with Gasteiger partial charge in [-0.1, -0.05) is 19.4 Å². The fourth-order valence-electron chi connectivity index (χ4n) is 3.30. The Morgan fingerprint density at radius 2 is 2.05 bits per heavy atom. The third-order valence-corrected chi connectivity index (χ3v) is 4.46. The highest BCUT2D eigenvalue weighted by molar-refractivity contribution is 5.79. The maximum Gasteiger partial charge on any atom is 0.201 e. The van der Waals surface area contributed by atoms with Crippen molar-refractivity contribution in [3.8, 4) is 0 Å². The normalized spacial score (nSPS) is 23.9. The zero-order valence-electron chi connectivity index (χ0n) is 11.3. The van der Waals surface area contributed by atoms with Gasteiger partial charge in [0.1, 0.15) is 5.52 Å². The molecule has 1 saturated carbocycles. The van der Waals surface area contributed by atoms with Crippen molar-refractivity contribution in [3.05, 3.63) is 24.0 Å². The molecule has 3 rings (SSSR count). The van der Waals surface area contributed by atoms with Gasteiger partial charge in [-0.15, -0.1) is 0 Å². The summed E-state index contributed by atoms with van der Waals surface area (Å²) in [4.78, 5) is 4.19. The molecule has 0 spiro atoms. The van der Waals surface area contributed by atoms with Crippen molar-refractivity contribution in [1.29, 1.82) is 0 Å². The highest BCUT2D eigenvalue weighted by Gasteiger charge is 2.24. The smallest absolute Gasteiger partial charge is 0.201 e. The highest BCUT2D eigenvalue weighted by Crippen LogP contribution is 2.37. The number of anilines is 1. The Labute approximate surface area is 112 Å². The van der Waals surface area contributed by atoms with Crippen LogP contribution in [0.5, 0.6) is 0 Å². The van der Waals surface area contributed by atoms with Gasteiger partial charge in [-0.3, -0.25) is 0 Å². The molecular weight excluding hydrogens is 241 g/mol. The third kappa shape index (κ3) is 2.09. The first-order valence-electron chi connectivity index (χ1n) is 7.12. The molecule has 0 aliphatic heterocycles. The minimum absolute atomic E-state index is 0.287. The van der Waals surface area contributed by atoms with Crippen LogP contribution in [0.3, 0.4) is 0 Å². The molecule has 0 saturated heterocycles. The molecule has 102 valence electrons. The van der Waals surface area contributed by atoms with Crippen molar-refractivity contribution in [3.63, 3.8) is 0 Å². The van der Waals surface area contributed by atoms with E-state index in [0.717, 1.165) is 24.3 Å². The van der Waals surface area contributed by atoms with Crippen molar-refractivity contribution >= 4 is 17.0 Å². The van der Waals surface area contributed by atoms with Gasteiger partial charge in [0.25, 0.3) is 0 Å². The average molecular weight is 261 g/mol. The second-order valence-corrected chi connectivity index (χ2v) is 5.53. The lowest BCUT2D eigenvalue weighted by atomic mass is 9.84. The number of para-hydroxylation sites is 1. The number of hydrogen-bond donors (Lipinski definition) is 1. The van der Waals surface area contributed by atoms with E-state index in [1.165, 1.54) is 25.3 Å². The van der Waals surface area contributed by atoms with Crippen LogP contribution >= 0.6 is 0 Å². The Bertz CT molecular complexity index is 582. The summed E-state index contributed by atoms with van der Waals surface area (Å²) in [5, 5.41) is 0. The van der Waals surface area contributed by atoms with Crippen LogP contribution < -0.4 is 5.73 Å². The third-order valence-electron chi connectivity index (χ3n) is 4.46. The molecule has 1 aliphatic carbocycles. The largest absolute Gasteiger partial charge is 0.369 e. The number of halogens is 1.